The van der Waals surface area contributed by atoms with Gasteiger partial charge in [0.05, 0.1) is 17.7 Å². The lowest BCUT2D eigenvalue weighted by Crippen LogP contribution is -2.45. The van der Waals surface area contributed by atoms with Gasteiger partial charge in [-0.05, 0) is 57.1 Å². The number of ether oxygens (including phenoxy) is 1. The van der Waals surface area contributed by atoms with Gasteiger partial charge in [0.15, 0.2) is 5.11 Å². The average molecular weight is 383 g/mol. The van der Waals surface area contributed by atoms with Gasteiger partial charge >= 0.3 is 5.97 Å². The van der Waals surface area contributed by atoms with E-state index in [1.807, 2.05) is 45.9 Å². The highest BCUT2D eigenvalue weighted by atomic mass is 79.9. The van der Waals surface area contributed by atoms with Crippen molar-refractivity contribution in [1.82, 2.24) is 10.6 Å². The molecular weight excluding hydrogens is 364 g/mol. The van der Waals surface area contributed by atoms with Crippen molar-refractivity contribution in [3.8, 4) is 0 Å². The molecule has 0 saturated carbocycles. The maximum atomic E-state index is 12.4. The van der Waals surface area contributed by atoms with Crippen molar-refractivity contribution >= 4 is 39.2 Å². The molecule has 0 saturated heterocycles. The summed E-state index contributed by atoms with van der Waals surface area (Å²) >= 11 is 8.76. The average Bonchev–Trinajstić information content (AvgIpc) is 2.39. The van der Waals surface area contributed by atoms with Gasteiger partial charge in [0, 0.05) is 10.2 Å². The second kappa shape index (κ2) is 6.79. The third-order valence-electron chi connectivity index (χ3n) is 3.36. The molecular formula is C16H19BrN2O2S. The number of carbonyl (C=O) groups excluding carboxylic acids is 1. The van der Waals surface area contributed by atoms with Gasteiger partial charge in [-0.25, -0.2) is 4.79 Å². The number of hydrogen-bond acceptors (Lipinski definition) is 3. The van der Waals surface area contributed by atoms with Crippen LogP contribution in [-0.4, -0.2) is 17.2 Å². The molecule has 0 aromatic heterocycles. The summed E-state index contributed by atoms with van der Waals surface area (Å²) in [5, 5.41) is 6.65. The van der Waals surface area contributed by atoms with Gasteiger partial charge in [-0.2, -0.15) is 0 Å². The van der Waals surface area contributed by atoms with Crippen molar-refractivity contribution in [2.24, 2.45) is 0 Å². The second-order valence-electron chi connectivity index (χ2n) is 5.53. The zero-order valence-electron chi connectivity index (χ0n) is 13.0. The minimum atomic E-state index is -0.336. The Morgan fingerprint density at radius 2 is 2.05 bits per heavy atom. The Labute approximate surface area is 144 Å². The molecule has 0 bridgehead atoms. The van der Waals surface area contributed by atoms with Crippen LogP contribution in [0.25, 0.3) is 0 Å². The van der Waals surface area contributed by atoms with Crippen LogP contribution in [0.4, 0.5) is 0 Å². The third-order valence-corrected chi connectivity index (χ3v) is 4.44. The van der Waals surface area contributed by atoms with E-state index in [-0.39, 0.29) is 18.1 Å². The quantitative estimate of drug-likeness (QED) is 0.618. The van der Waals surface area contributed by atoms with Gasteiger partial charge in [0.25, 0.3) is 0 Å². The van der Waals surface area contributed by atoms with Gasteiger partial charge in [-0.3, -0.25) is 0 Å². The van der Waals surface area contributed by atoms with Crippen molar-refractivity contribution in [2.45, 2.75) is 39.8 Å². The van der Waals surface area contributed by atoms with Gasteiger partial charge in [0.1, 0.15) is 0 Å². The van der Waals surface area contributed by atoms with E-state index in [1.54, 1.807) is 0 Å². The Balaban J connectivity index is 2.45. The maximum Gasteiger partial charge on any atom is 0.338 e. The Kier molecular flexibility index (Phi) is 5.24. The predicted molar refractivity (Wildman–Crippen MR) is 94.4 cm³/mol. The maximum absolute atomic E-state index is 12.4. The van der Waals surface area contributed by atoms with Crippen molar-refractivity contribution < 1.29 is 9.53 Å². The molecule has 6 heteroatoms. The molecule has 118 valence electrons. The smallest absolute Gasteiger partial charge is 0.338 e. The van der Waals surface area contributed by atoms with E-state index in [4.69, 9.17) is 17.0 Å². The van der Waals surface area contributed by atoms with E-state index in [2.05, 4.69) is 26.6 Å². The topological polar surface area (TPSA) is 50.4 Å². The molecule has 0 spiro atoms. The Morgan fingerprint density at radius 3 is 2.64 bits per heavy atom. The lowest BCUT2D eigenvalue weighted by atomic mass is 9.95. The van der Waals surface area contributed by atoms with E-state index in [0.29, 0.717) is 10.7 Å². The monoisotopic (exact) mass is 382 g/mol. The number of carbonyl (C=O) groups is 1. The molecule has 2 N–H and O–H groups in total. The second-order valence-corrected chi connectivity index (χ2v) is 6.80. The summed E-state index contributed by atoms with van der Waals surface area (Å²) in [5.41, 5.74) is 3.36. The van der Waals surface area contributed by atoms with E-state index >= 15 is 0 Å². The molecule has 2 rings (SSSR count). The molecule has 1 atom stereocenters. The number of benzene rings is 1. The molecule has 1 aromatic carbocycles. The molecule has 0 radical (unpaired) electrons. The number of aryl methyl sites for hydroxylation is 1. The van der Waals surface area contributed by atoms with Crippen LogP contribution in [0.15, 0.2) is 33.9 Å². The highest BCUT2D eigenvalue weighted by Crippen LogP contribution is 2.30. The third kappa shape index (κ3) is 3.67. The van der Waals surface area contributed by atoms with Crippen molar-refractivity contribution in [3.63, 3.8) is 0 Å². The number of esters is 1. The normalized spacial score (nSPS) is 18.1. The summed E-state index contributed by atoms with van der Waals surface area (Å²) < 4.78 is 6.36. The molecule has 0 fully saturated rings. The van der Waals surface area contributed by atoms with Crippen LogP contribution in [-0.2, 0) is 9.53 Å². The van der Waals surface area contributed by atoms with Crippen LogP contribution in [0.2, 0.25) is 0 Å². The summed E-state index contributed by atoms with van der Waals surface area (Å²) in [6, 6.07) is 5.67. The van der Waals surface area contributed by atoms with Gasteiger partial charge in [-0.15, -0.1) is 0 Å². The first kappa shape index (κ1) is 17.0. The summed E-state index contributed by atoms with van der Waals surface area (Å²) in [6.45, 7) is 7.52. The van der Waals surface area contributed by atoms with E-state index in [1.165, 1.54) is 0 Å². The summed E-state index contributed by atoms with van der Waals surface area (Å²) in [6.07, 6.45) is -0.174. The van der Waals surface area contributed by atoms with Gasteiger partial charge in [0.2, 0.25) is 0 Å². The minimum absolute atomic E-state index is 0.174. The SMILES string of the molecule is CC1=C(C(=O)OC(C)C)[C@@H](c2ccc(C)c(Br)c2)NC(=S)N1. The van der Waals surface area contributed by atoms with Crippen LogP contribution < -0.4 is 10.6 Å². The number of rotatable bonds is 3. The van der Waals surface area contributed by atoms with Crippen LogP contribution >= 0.6 is 28.1 Å². The van der Waals surface area contributed by atoms with E-state index in [0.717, 1.165) is 21.3 Å². The molecule has 0 aliphatic carbocycles. The van der Waals surface area contributed by atoms with Crippen LogP contribution in [0.5, 0.6) is 0 Å². The zero-order valence-corrected chi connectivity index (χ0v) is 15.4. The fourth-order valence-corrected chi connectivity index (χ4v) is 2.95. The number of halogens is 1. The molecule has 0 amide bonds. The Bertz CT molecular complexity index is 656. The number of hydrogen-bond donors (Lipinski definition) is 2. The largest absolute Gasteiger partial charge is 0.459 e. The highest BCUT2D eigenvalue weighted by molar-refractivity contribution is 9.10. The van der Waals surface area contributed by atoms with Crippen molar-refractivity contribution in [1.29, 1.82) is 0 Å². The van der Waals surface area contributed by atoms with Crippen LogP contribution in [0.1, 0.15) is 37.9 Å². The number of nitrogens with one attached hydrogen (secondary N) is 2. The number of allylic oxidation sites excluding steroid dienone is 1. The van der Waals surface area contributed by atoms with E-state index in [9.17, 15) is 4.79 Å². The fraction of sp³-hybridized carbons (Fsp3) is 0.375. The molecule has 1 heterocycles. The molecule has 22 heavy (non-hydrogen) atoms. The molecule has 4 nitrogen and oxygen atoms in total. The Morgan fingerprint density at radius 1 is 1.36 bits per heavy atom. The molecule has 1 aliphatic rings. The first-order valence-corrected chi connectivity index (χ1v) is 8.25. The van der Waals surface area contributed by atoms with Gasteiger partial charge in [-0.1, -0.05) is 28.1 Å². The predicted octanol–water partition coefficient (Wildman–Crippen LogP) is 3.50. The summed E-state index contributed by atoms with van der Waals surface area (Å²) in [5.74, 6) is -0.336. The van der Waals surface area contributed by atoms with Gasteiger partial charge < -0.3 is 15.4 Å². The first-order chi connectivity index (χ1) is 10.3. The van der Waals surface area contributed by atoms with E-state index < -0.39 is 0 Å². The highest BCUT2D eigenvalue weighted by Gasteiger charge is 2.31. The minimum Gasteiger partial charge on any atom is -0.459 e. The first-order valence-electron chi connectivity index (χ1n) is 7.05. The summed E-state index contributed by atoms with van der Waals surface area (Å²) in [7, 11) is 0. The lowest BCUT2D eigenvalue weighted by molar-refractivity contribution is -0.143. The van der Waals surface area contributed by atoms with Crippen molar-refractivity contribution in [2.75, 3.05) is 0 Å². The lowest BCUT2D eigenvalue weighted by Gasteiger charge is -2.30. The molecule has 0 unspecified atom stereocenters. The standard InChI is InChI=1S/C16H19BrN2O2S/c1-8(2)21-15(20)13-10(4)18-16(22)19-14(13)11-6-5-9(3)12(17)7-11/h5-8,14H,1-4H3,(H2,18,19,22)/t14-/m1/s1. The Hall–Kier alpha value is -1.40. The molecule has 1 aromatic rings. The number of thiocarbonyl (C=S) groups is 1. The fourth-order valence-electron chi connectivity index (χ4n) is 2.28. The summed E-state index contributed by atoms with van der Waals surface area (Å²) in [4.78, 5) is 12.4. The van der Waals surface area contributed by atoms with Crippen molar-refractivity contribution in [3.05, 3.63) is 45.1 Å². The van der Waals surface area contributed by atoms with Crippen LogP contribution in [0.3, 0.4) is 0 Å². The van der Waals surface area contributed by atoms with Crippen LogP contribution in [0, 0.1) is 6.92 Å². The zero-order chi connectivity index (χ0) is 16.4. The molecule has 1 aliphatic heterocycles.